The lowest BCUT2D eigenvalue weighted by Crippen LogP contribution is -2.02. The van der Waals surface area contributed by atoms with Gasteiger partial charge in [-0.3, -0.25) is 0 Å². The van der Waals surface area contributed by atoms with Crippen molar-refractivity contribution >= 4 is 0 Å². The summed E-state index contributed by atoms with van der Waals surface area (Å²) >= 11 is 0. The van der Waals surface area contributed by atoms with E-state index >= 15 is 0 Å². The average Bonchev–Trinajstić information content (AvgIpc) is 2.09. The first-order chi connectivity index (χ1) is 5.70. The molecule has 0 aliphatic carbocycles. The molecule has 66 valence electrons. The smallest absolute Gasteiger partial charge is 0.129 e. The minimum absolute atomic E-state index is 0.260. The average molecular weight is 169 g/mol. The van der Waals surface area contributed by atoms with Crippen LogP contribution in [0.15, 0.2) is 12.1 Å². The van der Waals surface area contributed by atoms with E-state index in [-0.39, 0.29) is 5.82 Å². The quantitative estimate of drug-likeness (QED) is 0.729. The summed E-state index contributed by atoms with van der Waals surface area (Å²) in [6.45, 7) is 2.04. The van der Waals surface area contributed by atoms with Crippen molar-refractivity contribution in [3.63, 3.8) is 0 Å². The molecule has 0 aliphatic rings. The summed E-state index contributed by atoms with van der Waals surface area (Å²) in [6.07, 6.45) is 0. The topological polar surface area (TPSA) is 35.2 Å². The molecule has 0 spiro atoms. The van der Waals surface area contributed by atoms with E-state index in [9.17, 15) is 4.39 Å². The van der Waals surface area contributed by atoms with E-state index in [1.165, 1.54) is 13.2 Å². The van der Waals surface area contributed by atoms with E-state index in [0.717, 1.165) is 5.56 Å². The first-order valence-electron chi connectivity index (χ1n) is 3.72. The highest BCUT2D eigenvalue weighted by Gasteiger charge is 2.08. The molecule has 0 aromatic heterocycles. The van der Waals surface area contributed by atoms with Crippen molar-refractivity contribution in [3.8, 4) is 5.75 Å². The first kappa shape index (κ1) is 9.00. The highest BCUT2D eigenvalue weighted by molar-refractivity contribution is 5.41. The number of hydrogen-bond donors (Lipinski definition) is 1. The molecule has 12 heavy (non-hydrogen) atoms. The lowest BCUT2D eigenvalue weighted by Gasteiger charge is -2.09. The van der Waals surface area contributed by atoms with Crippen molar-refractivity contribution in [2.75, 3.05) is 7.11 Å². The summed E-state index contributed by atoms with van der Waals surface area (Å²) in [6, 6.07) is 3.04. The number of nitrogens with two attached hydrogens (primary N) is 1. The van der Waals surface area contributed by atoms with Crippen molar-refractivity contribution in [1.82, 2.24) is 0 Å². The Kier molecular flexibility index (Phi) is 2.65. The Morgan fingerprint density at radius 2 is 2.17 bits per heavy atom. The van der Waals surface area contributed by atoms with E-state index in [1.807, 2.05) is 0 Å². The lowest BCUT2D eigenvalue weighted by molar-refractivity contribution is 0.402. The van der Waals surface area contributed by atoms with Crippen molar-refractivity contribution in [1.29, 1.82) is 0 Å². The van der Waals surface area contributed by atoms with Crippen LogP contribution in [0.4, 0.5) is 4.39 Å². The summed E-state index contributed by atoms with van der Waals surface area (Å²) in [7, 11) is 1.51. The first-order valence-corrected chi connectivity index (χ1v) is 3.72. The standard InChI is InChI=1S/C9H12FNO/c1-6-8(10)4-3-7(5-11)9(6)12-2/h3-4H,5,11H2,1-2H3. The van der Waals surface area contributed by atoms with Crippen LogP contribution in [0, 0.1) is 12.7 Å². The third-order valence-electron chi connectivity index (χ3n) is 1.85. The Hall–Kier alpha value is -1.09. The van der Waals surface area contributed by atoms with Crippen LogP contribution in [0.3, 0.4) is 0 Å². The van der Waals surface area contributed by atoms with Gasteiger partial charge in [-0.15, -0.1) is 0 Å². The van der Waals surface area contributed by atoms with Gasteiger partial charge in [-0.25, -0.2) is 4.39 Å². The third kappa shape index (κ3) is 1.41. The molecule has 0 saturated carbocycles. The van der Waals surface area contributed by atoms with Crippen molar-refractivity contribution in [3.05, 3.63) is 29.1 Å². The molecule has 3 heteroatoms. The SMILES string of the molecule is COc1c(CN)ccc(F)c1C. The highest BCUT2D eigenvalue weighted by Crippen LogP contribution is 2.24. The van der Waals surface area contributed by atoms with Gasteiger partial charge < -0.3 is 10.5 Å². The van der Waals surface area contributed by atoms with Crippen molar-refractivity contribution in [2.45, 2.75) is 13.5 Å². The highest BCUT2D eigenvalue weighted by atomic mass is 19.1. The molecule has 0 heterocycles. The van der Waals surface area contributed by atoms with Gasteiger partial charge in [-0.2, -0.15) is 0 Å². The molecule has 0 saturated heterocycles. The van der Waals surface area contributed by atoms with Crippen molar-refractivity contribution in [2.24, 2.45) is 5.73 Å². The molecule has 2 N–H and O–H groups in total. The molecule has 1 aromatic rings. The number of methoxy groups -OCH3 is 1. The summed E-state index contributed by atoms with van der Waals surface area (Å²) in [5, 5.41) is 0. The van der Waals surface area contributed by atoms with Crippen LogP contribution in [0.25, 0.3) is 0 Å². The van der Waals surface area contributed by atoms with Gasteiger partial charge in [0.15, 0.2) is 0 Å². The summed E-state index contributed by atoms with van der Waals surface area (Å²) < 4.78 is 18.0. The van der Waals surface area contributed by atoms with Crippen LogP contribution in [-0.4, -0.2) is 7.11 Å². The van der Waals surface area contributed by atoms with Gasteiger partial charge in [-0.1, -0.05) is 6.07 Å². The monoisotopic (exact) mass is 169 g/mol. The van der Waals surface area contributed by atoms with Gasteiger partial charge in [0.1, 0.15) is 11.6 Å². The molecule has 0 aliphatic heterocycles. The largest absolute Gasteiger partial charge is 0.496 e. The van der Waals surface area contributed by atoms with Crippen LogP contribution in [0.2, 0.25) is 0 Å². The van der Waals surface area contributed by atoms with Crippen molar-refractivity contribution < 1.29 is 9.13 Å². The molecule has 0 amide bonds. The molecule has 2 nitrogen and oxygen atoms in total. The lowest BCUT2D eigenvalue weighted by atomic mass is 10.1. The van der Waals surface area contributed by atoms with E-state index in [2.05, 4.69) is 0 Å². The third-order valence-corrected chi connectivity index (χ3v) is 1.85. The predicted molar refractivity (Wildman–Crippen MR) is 45.6 cm³/mol. The number of hydrogen-bond acceptors (Lipinski definition) is 2. The predicted octanol–water partition coefficient (Wildman–Crippen LogP) is 1.60. The molecule has 0 fully saturated rings. The van der Waals surface area contributed by atoms with Gasteiger partial charge in [0.2, 0.25) is 0 Å². The van der Waals surface area contributed by atoms with E-state index in [0.29, 0.717) is 17.9 Å². The Morgan fingerprint density at radius 3 is 2.67 bits per heavy atom. The van der Waals surface area contributed by atoms with Crippen LogP contribution < -0.4 is 10.5 Å². The molecule has 0 bridgehead atoms. The molecule has 0 atom stereocenters. The van der Waals surface area contributed by atoms with Crippen LogP contribution in [0.5, 0.6) is 5.75 Å². The number of benzene rings is 1. The normalized spacial score (nSPS) is 10.0. The summed E-state index contributed by atoms with van der Waals surface area (Å²) in [5.41, 5.74) is 6.79. The number of ether oxygens (including phenoxy) is 1. The fraction of sp³-hybridized carbons (Fsp3) is 0.333. The second-order valence-electron chi connectivity index (χ2n) is 2.57. The summed E-state index contributed by atoms with van der Waals surface area (Å²) in [4.78, 5) is 0. The maximum atomic E-state index is 13.0. The molecule has 1 aromatic carbocycles. The van der Waals surface area contributed by atoms with E-state index < -0.39 is 0 Å². The zero-order chi connectivity index (χ0) is 9.14. The number of halogens is 1. The van der Waals surface area contributed by atoms with Gasteiger partial charge in [-0.05, 0) is 13.0 Å². The van der Waals surface area contributed by atoms with Gasteiger partial charge in [0.05, 0.1) is 7.11 Å². The minimum atomic E-state index is -0.260. The van der Waals surface area contributed by atoms with Gasteiger partial charge in [0, 0.05) is 17.7 Å². The Labute approximate surface area is 71.1 Å². The Bertz CT molecular complexity index is 286. The Morgan fingerprint density at radius 1 is 1.50 bits per heavy atom. The fourth-order valence-corrected chi connectivity index (χ4v) is 1.17. The maximum Gasteiger partial charge on any atom is 0.129 e. The van der Waals surface area contributed by atoms with Gasteiger partial charge in [0.25, 0.3) is 0 Å². The molecule has 1 rings (SSSR count). The van der Waals surface area contributed by atoms with Crippen LogP contribution >= 0.6 is 0 Å². The van der Waals surface area contributed by atoms with E-state index in [1.54, 1.807) is 13.0 Å². The molecule has 0 unspecified atom stereocenters. The second-order valence-corrected chi connectivity index (χ2v) is 2.57. The zero-order valence-corrected chi connectivity index (χ0v) is 7.23. The van der Waals surface area contributed by atoms with Crippen LogP contribution in [-0.2, 0) is 6.54 Å². The zero-order valence-electron chi connectivity index (χ0n) is 7.23. The molecular weight excluding hydrogens is 157 g/mol. The van der Waals surface area contributed by atoms with E-state index in [4.69, 9.17) is 10.5 Å². The minimum Gasteiger partial charge on any atom is -0.496 e. The Balaban J connectivity index is 3.25. The second kappa shape index (κ2) is 3.54. The van der Waals surface area contributed by atoms with Crippen LogP contribution in [0.1, 0.15) is 11.1 Å². The molecular formula is C9H12FNO. The number of rotatable bonds is 2. The van der Waals surface area contributed by atoms with Gasteiger partial charge >= 0.3 is 0 Å². The fourth-order valence-electron chi connectivity index (χ4n) is 1.17. The molecule has 0 radical (unpaired) electrons. The summed E-state index contributed by atoms with van der Waals surface area (Å²) in [5.74, 6) is 0.293. The maximum absolute atomic E-state index is 13.0.